The molecule has 0 atom stereocenters. The SMILES string of the molecule is Cc1cc(C)cc(-n2c(C)cc(C(=O)NC3CCC(N)CC3)c2C)c1. The van der Waals surface area contributed by atoms with Crippen LogP contribution in [0.15, 0.2) is 24.3 Å². The van der Waals surface area contributed by atoms with E-state index in [0.717, 1.165) is 48.3 Å². The number of amides is 1. The molecule has 1 aromatic carbocycles. The van der Waals surface area contributed by atoms with Gasteiger partial charge in [0.25, 0.3) is 5.91 Å². The van der Waals surface area contributed by atoms with Gasteiger partial charge in [0.05, 0.1) is 5.56 Å². The van der Waals surface area contributed by atoms with Crippen molar-refractivity contribution in [1.82, 2.24) is 9.88 Å². The number of aryl methyl sites for hydroxylation is 3. The van der Waals surface area contributed by atoms with E-state index in [4.69, 9.17) is 5.73 Å². The maximum absolute atomic E-state index is 12.8. The summed E-state index contributed by atoms with van der Waals surface area (Å²) in [4.78, 5) is 12.8. The fourth-order valence-electron chi connectivity index (χ4n) is 4.00. The van der Waals surface area contributed by atoms with Crippen molar-refractivity contribution in [2.75, 3.05) is 0 Å². The van der Waals surface area contributed by atoms with Crippen molar-refractivity contribution in [3.05, 3.63) is 52.3 Å². The van der Waals surface area contributed by atoms with Crippen LogP contribution >= 0.6 is 0 Å². The van der Waals surface area contributed by atoms with Gasteiger partial charge in [0, 0.05) is 29.2 Å². The van der Waals surface area contributed by atoms with Crippen molar-refractivity contribution >= 4 is 5.91 Å². The van der Waals surface area contributed by atoms with Crippen LogP contribution in [-0.2, 0) is 0 Å². The maximum atomic E-state index is 12.8. The number of aromatic nitrogens is 1. The second-order valence-corrected chi connectivity index (χ2v) is 7.55. The van der Waals surface area contributed by atoms with Gasteiger partial charge < -0.3 is 15.6 Å². The Kier molecular flexibility index (Phi) is 5.00. The number of rotatable bonds is 3. The monoisotopic (exact) mass is 339 g/mol. The number of hydrogen-bond acceptors (Lipinski definition) is 2. The van der Waals surface area contributed by atoms with Gasteiger partial charge in [-0.2, -0.15) is 0 Å². The second-order valence-electron chi connectivity index (χ2n) is 7.55. The number of carbonyl (C=O) groups excluding carboxylic acids is 1. The van der Waals surface area contributed by atoms with Gasteiger partial charge in [-0.3, -0.25) is 4.79 Å². The van der Waals surface area contributed by atoms with Crippen LogP contribution < -0.4 is 11.1 Å². The number of benzene rings is 1. The van der Waals surface area contributed by atoms with E-state index in [1.807, 2.05) is 13.0 Å². The third-order valence-electron chi connectivity index (χ3n) is 5.25. The summed E-state index contributed by atoms with van der Waals surface area (Å²) >= 11 is 0. The molecule has 25 heavy (non-hydrogen) atoms. The smallest absolute Gasteiger partial charge is 0.253 e. The average molecular weight is 339 g/mol. The molecule has 1 amide bonds. The lowest BCUT2D eigenvalue weighted by molar-refractivity contribution is 0.0925. The number of nitrogens with one attached hydrogen (secondary N) is 1. The van der Waals surface area contributed by atoms with Gasteiger partial charge in [-0.1, -0.05) is 6.07 Å². The minimum Gasteiger partial charge on any atom is -0.349 e. The molecule has 2 aromatic rings. The first-order valence-corrected chi connectivity index (χ1v) is 9.19. The Balaban J connectivity index is 1.85. The van der Waals surface area contributed by atoms with Crippen LogP contribution in [0.4, 0.5) is 0 Å². The van der Waals surface area contributed by atoms with Crippen molar-refractivity contribution in [2.45, 2.75) is 65.5 Å². The van der Waals surface area contributed by atoms with Crippen LogP contribution in [0, 0.1) is 27.7 Å². The highest BCUT2D eigenvalue weighted by molar-refractivity contribution is 5.96. The summed E-state index contributed by atoms with van der Waals surface area (Å²) in [6.45, 7) is 8.29. The molecule has 134 valence electrons. The molecule has 1 aliphatic carbocycles. The highest BCUT2D eigenvalue weighted by Crippen LogP contribution is 2.24. The number of nitrogens with two attached hydrogens (primary N) is 1. The summed E-state index contributed by atoms with van der Waals surface area (Å²) in [5.74, 6) is 0.0317. The summed E-state index contributed by atoms with van der Waals surface area (Å²) in [6.07, 6.45) is 3.94. The van der Waals surface area contributed by atoms with Crippen molar-refractivity contribution in [3.63, 3.8) is 0 Å². The first-order chi connectivity index (χ1) is 11.8. The Morgan fingerprint density at radius 3 is 2.20 bits per heavy atom. The predicted molar refractivity (Wildman–Crippen MR) is 102 cm³/mol. The Hall–Kier alpha value is -2.07. The van der Waals surface area contributed by atoms with E-state index in [-0.39, 0.29) is 11.9 Å². The zero-order valence-electron chi connectivity index (χ0n) is 15.7. The molecule has 3 rings (SSSR count). The summed E-state index contributed by atoms with van der Waals surface area (Å²) in [5.41, 5.74) is 12.4. The van der Waals surface area contributed by atoms with Crippen LogP contribution in [0.3, 0.4) is 0 Å². The van der Waals surface area contributed by atoms with Gasteiger partial charge in [0.15, 0.2) is 0 Å². The topological polar surface area (TPSA) is 60.0 Å². The Morgan fingerprint density at radius 2 is 1.60 bits per heavy atom. The van der Waals surface area contributed by atoms with Crippen LogP contribution in [0.25, 0.3) is 5.69 Å². The lowest BCUT2D eigenvalue weighted by Gasteiger charge is -2.26. The summed E-state index contributed by atoms with van der Waals surface area (Å²) in [5, 5.41) is 3.20. The molecule has 4 nitrogen and oxygen atoms in total. The Bertz CT molecular complexity index is 762. The largest absolute Gasteiger partial charge is 0.349 e. The fraction of sp³-hybridized carbons (Fsp3) is 0.476. The van der Waals surface area contributed by atoms with E-state index in [1.54, 1.807) is 0 Å². The highest BCUT2D eigenvalue weighted by Gasteiger charge is 2.23. The van der Waals surface area contributed by atoms with Crippen LogP contribution in [0.5, 0.6) is 0 Å². The van der Waals surface area contributed by atoms with E-state index >= 15 is 0 Å². The number of nitrogens with zero attached hydrogens (tertiary/aromatic N) is 1. The van der Waals surface area contributed by atoms with Gasteiger partial charge >= 0.3 is 0 Å². The molecule has 1 aromatic heterocycles. The van der Waals surface area contributed by atoms with Crippen molar-refractivity contribution in [3.8, 4) is 5.69 Å². The average Bonchev–Trinajstić information content (AvgIpc) is 2.83. The molecule has 1 saturated carbocycles. The molecular weight excluding hydrogens is 310 g/mol. The number of hydrogen-bond donors (Lipinski definition) is 2. The van der Waals surface area contributed by atoms with E-state index < -0.39 is 0 Å². The molecule has 1 fully saturated rings. The number of carbonyl (C=O) groups is 1. The maximum Gasteiger partial charge on any atom is 0.253 e. The molecule has 0 saturated heterocycles. The third kappa shape index (κ3) is 3.79. The fourth-order valence-corrected chi connectivity index (χ4v) is 4.00. The molecule has 1 heterocycles. The summed E-state index contributed by atoms with van der Waals surface area (Å²) in [7, 11) is 0. The standard InChI is InChI=1S/C21H29N3O/c1-13-9-14(2)11-19(10-13)24-15(3)12-20(16(24)4)21(25)23-18-7-5-17(22)6-8-18/h9-12,17-18H,5-8,22H2,1-4H3,(H,23,25). The van der Waals surface area contributed by atoms with Gasteiger partial charge in [0.2, 0.25) is 0 Å². The zero-order chi connectivity index (χ0) is 18.1. The van der Waals surface area contributed by atoms with E-state index in [9.17, 15) is 4.79 Å². The highest BCUT2D eigenvalue weighted by atomic mass is 16.1. The predicted octanol–water partition coefficient (Wildman–Crippen LogP) is 3.71. The lowest BCUT2D eigenvalue weighted by atomic mass is 9.91. The van der Waals surface area contributed by atoms with Gasteiger partial charge in [-0.15, -0.1) is 0 Å². The molecule has 4 heteroatoms. The molecule has 3 N–H and O–H groups in total. The minimum absolute atomic E-state index is 0.0317. The molecule has 0 bridgehead atoms. The van der Waals surface area contributed by atoms with Crippen molar-refractivity contribution in [1.29, 1.82) is 0 Å². The molecule has 0 radical (unpaired) electrons. The lowest BCUT2D eigenvalue weighted by Crippen LogP contribution is -2.40. The summed E-state index contributed by atoms with van der Waals surface area (Å²) in [6, 6.07) is 9.03. The third-order valence-corrected chi connectivity index (χ3v) is 5.25. The summed E-state index contributed by atoms with van der Waals surface area (Å²) < 4.78 is 2.17. The van der Waals surface area contributed by atoms with Crippen LogP contribution in [0.2, 0.25) is 0 Å². The Labute approximate surface area is 150 Å². The van der Waals surface area contributed by atoms with Gasteiger partial charge in [-0.25, -0.2) is 0 Å². The molecule has 0 aliphatic heterocycles. The van der Waals surface area contributed by atoms with E-state index in [1.165, 1.54) is 11.1 Å². The normalized spacial score (nSPS) is 20.5. The van der Waals surface area contributed by atoms with Crippen molar-refractivity contribution in [2.24, 2.45) is 5.73 Å². The first kappa shape index (κ1) is 17.7. The molecular formula is C21H29N3O. The van der Waals surface area contributed by atoms with Gasteiger partial charge in [0.1, 0.15) is 0 Å². The van der Waals surface area contributed by atoms with Crippen LogP contribution in [-0.4, -0.2) is 22.6 Å². The van der Waals surface area contributed by atoms with E-state index in [2.05, 4.69) is 48.9 Å². The molecule has 0 unspecified atom stereocenters. The first-order valence-electron chi connectivity index (χ1n) is 9.19. The second kappa shape index (κ2) is 7.04. The molecule has 0 spiro atoms. The Morgan fingerprint density at radius 1 is 1.00 bits per heavy atom. The van der Waals surface area contributed by atoms with E-state index in [0.29, 0.717) is 6.04 Å². The molecule has 1 aliphatic rings. The van der Waals surface area contributed by atoms with Crippen molar-refractivity contribution < 1.29 is 4.79 Å². The zero-order valence-corrected chi connectivity index (χ0v) is 15.7. The minimum atomic E-state index is 0.0317. The van der Waals surface area contributed by atoms with Gasteiger partial charge in [-0.05, 0) is 82.7 Å². The quantitative estimate of drug-likeness (QED) is 0.895. The van der Waals surface area contributed by atoms with Crippen LogP contribution in [0.1, 0.15) is 58.6 Å².